The molecule has 0 aromatic heterocycles. The third-order valence-electron chi connectivity index (χ3n) is 4.86. The number of aliphatic hydroxyl groups is 5. The molecule has 0 saturated carbocycles. The SMILES string of the molecule is COC1OC(COS(C)(=O)=O)C(OC2OC(CO)C(O)C(O)C2O)C(O)C1NC(C)=O. The highest BCUT2D eigenvalue weighted by Crippen LogP contribution is 2.29. The first-order valence-electron chi connectivity index (χ1n) is 9.33. The molecule has 2 aliphatic rings. The Bertz CT molecular complexity index is 704. The highest BCUT2D eigenvalue weighted by atomic mass is 32.2. The van der Waals surface area contributed by atoms with E-state index in [4.69, 9.17) is 23.1 Å². The topological polar surface area (TPSA) is 211 Å². The molecule has 2 heterocycles. The largest absolute Gasteiger partial charge is 0.394 e. The summed E-state index contributed by atoms with van der Waals surface area (Å²) in [4.78, 5) is 11.5. The van der Waals surface area contributed by atoms with E-state index in [1.54, 1.807) is 0 Å². The fourth-order valence-electron chi connectivity index (χ4n) is 3.34. The molecule has 10 atom stereocenters. The van der Waals surface area contributed by atoms with Crippen molar-refractivity contribution >= 4 is 16.0 Å². The Kier molecular flexibility index (Phi) is 9.12. The molecular formula is C16H29NO13S. The van der Waals surface area contributed by atoms with Crippen molar-refractivity contribution in [3.63, 3.8) is 0 Å². The number of hydrogen-bond donors (Lipinski definition) is 6. The van der Waals surface area contributed by atoms with Gasteiger partial charge in [0.15, 0.2) is 12.6 Å². The maximum absolute atomic E-state index is 11.5. The average molecular weight is 475 g/mol. The molecule has 6 N–H and O–H groups in total. The molecule has 10 unspecified atom stereocenters. The molecule has 2 fully saturated rings. The third-order valence-corrected chi connectivity index (χ3v) is 5.43. The van der Waals surface area contributed by atoms with Crippen LogP contribution in [0.1, 0.15) is 6.92 Å². The monoisotopic (exact) mass is 475 g/mol. The van der Waals surface area contributed by atoms with Crippen LogP contribution in [0.2, 0.25) is 0 Å². The van der Waals surface area contributed by atoms with Crippen LogP contribution in [0.5, 0.6) is 0 Å². The van der Waals surface area contributed by atoms with Gasteiger partial charge in [0, 0.05) is 14.0 Å². The van der Waals surface area contributed by atoms with Crippen molar-refractivity contribution in [1.82, 2.24) is 5.32 Å². The van der Waals surface area contributed by atoms with Gasteiger partial charge in [-0.1, -0.05) is 0 Å². The summed E-state index contributed by atoms with van der Waals surface area (Å²) in [6.45, 7) is -0.147. The molecule has 0 aromatic carbocycles. The molecule has 31 heavy (non-hydrogen) atoms. The molecular weight excluding hydrogens is 446 g/mol. The normalized spacial score (nSPS) is 41.7. The van der Waals surface area contributed by atoms with Crippen LogP contribution in [-0.2, 0) is 38.0 Å². The lowest BCUT2D eigenvalue weighted by molar-refractivity contribution is -0.346. The molecule has 0 aromatic rings. The zero-order valence-corrected chi connectivity index (χ0v) is 17.9. The van der Waals surface area contributed by atoms with Gasteiger partial charge in [0.1, 0.15) is 48.8 Å². The first kappa shape index (κ1) is 26.3. The summed E-state index contributed by atoms with van der Waals surface area (Å²) in [7, 11) is -2.67. The minimum absolute atomic E-state index is 0.535. The minimum atomic E-state index is -3.91. The van der Waals surface area contributed by atoms with Crippen molar-refractivity contribution in [2.75, 3.05) is 26.6 Å². The lowest BCUT2D eigenvalue weighted by Gasteiger charge is -2.47. The first-order valence-corrected chi connectivity index (χ1v) is 11.1. The number of carbonyl (C=O) groups is 1. The lowest BCUT2D eigenvalue weighted by Crippen LogP contribution is -2.67. The highest BCUT2D eigenvalue weighted by molar-refractivity contribution is 7.85. The van der Waals surface area contributed by atoms with Gasteiger partial charge in [0.25, 0.3) is 10.1 Å². The molecule has 14 nitrogen and oxygen atoms in total. The van der Waals surface area contributed by atoms with Crippen LogP contribution in [0, 0.1) is 0 Å². The zero-order chi connectivity index (χ0) is 23.5. The van der Waals surface area contributed by atoms with Crippen LogP contribution in [0.3, 0.4) is 0 Å². The molecule has 0 radical (unpaired) electrons. The van der Waals surface area contributed by atoms with Crippen molar-refractivity contribution in [3.05, 3.63) is 0 Å². The number of amides is 1. The van der Waals surface area contributed by atoms with Gasteiger partial charge in [-0.3, -0.25) is 8.98 Å². The first-order chi connectivity index (χ1) is 14.4. The zero-order valence-electron chi connectivity index (χ0n) is 17.1. The van der Waals surface area contributed by atoms with E-state index in [9.17, 15) is 38.7 Å². The summed E-state index contributed by atoms with van der Waals surface area (Å²) in [5.41, 5.74) is 0. The molecule has 0 spiro atoms. The summed E-state index contributed by atoms with van der Waals surface area (Å²) in [5, 5.41) is 52.6. The Labute approximate surface area is 178 Å². The van der Waals surface area contributed by atoms with E-state index in [-0.39, 0.29) is 0 Å². The Balaban J connectivity index is 2.29. The molecule has 0 bridgehead atoms. The molecule has 1 amide bonds. The number of methoxy groups -OCH3 is 1. The summed E-state index contributed by atoms with van der Waals surface area (Å²) in [5.74, 6) is -0.535. The van der Waals surface area contributed by atoms with Crippen molar-refractivity contribution in [2.24, 2.45) is 0 Å². The highest BCUT2D eigenvalue weighted by Gasteiger charge is 2.51. The Morgan fingerprint density at radius 2 is 1.61 bits per heavy atom. The second kappa shape index (κ2) is 10.8. The quantitative estimate of drug-likeness (QED) is 0.183. The molecule has 2 rings (SSSR count). The number of hydrogen-bond acceptors (Lipinski definition) is 13. The molecule has 15 heteroatoms. The van der Waals surface area contributed by atoms with Crippen LogP contribution in [0.15, 0.2) is 0 Å². The van der Waals surface area contributed by atoms with E-state index in [0.717, 1.165) is 6.26 Å². The van der Waals surface area contributed by atoms with Gasteiger partial charge in [-0.05, 0) is 0 Å². The molecule has 0 aliphatic carbocycles. The van der Waals surface area contributed by atoms with Crippen LogP contribution >= 0.6 is 0 Å². The fraction of sp³-hybridized carbons (Fsp3) is 0.938. The summed E-state index contributed by atoms with van der Waals surface area (Å²) < 4.78 is 49.1. The van der Waals surface area contributed by atoms with Gasteiger partial charge in [-0.2, -0.15) is 8.42 Å². The lowest BCUT2D eigenvalue weighted by atomic mass is 9.95. The third kappa shape index (κ3) is 6.52. The fourth-order valence-corrected chi connectivity index (χ4v) is 3.72. The predicted octanol–water partition coefficient (Wildman–Crippen LogP) is -4.62. The average Bonchev–Trinajstić information content (AvgIpc) is 2.69. The summed E-state index contributed by atoms with van der Waals surface area (Å²) >= 11 is 0. The van der Waals surface area contributed by atoms with E-state index in [0.29, 0.717) is 0 Å². The maximum Gasteiger partial charge on any atom is 0.264 e. The molecule has 182 valence electrons. The van der Waals surface area contributed by atoms with Gasteiger partial charge in [0.2, 0.25) is 5.91 Å². The van der Waals surface area contributed by atoms with E-state index in [2.05, 4.69) is 5.32 Å². The second-order valence-electron chi connectivity index (χ2n) is 7.28. The minimum Gasteiger partial charge on any atom is -0.394 e. The molecule has 2 saturated heterocycles. The van der Waals surface area contributed by atoms with E-state index in [1.165, 1.54) is 14.0 Å². The van der Waals surface area contributed by atoms with Crippen molar-refractivity contribution in [1.29, 1.82) is 0 Å². The van der Waals surface area contributed by atoms with Gasteiger partial charge in [0.05, 0.1) is 19.5 Å². The number of nitrogens with one attached hydrogen (secondary N) is 1. The van der Waals surface area contributed by atoms with Crippen LogP contribution in [0.25, 0.3) is 0 Å². The maximum atomic E-state index is 11.5. The Morgan fingerprint density at radius 3 is 2.13 bits per heavy atom. The standard InChI is InChI=1S/C16H29NO13S/c1-6(19)17-9-11(21)14(8(29-15(9)26-2)5-27-31(3,24)25)30-16-13(23)12(22)10(20)7(4-18)28-16/h7-16,18,20-23H,4-5H2,1-3H3,(H,17,19). The van der Waals surface area contributed by atoms with Gasteiger partial charge in [-0.15, -0.1) is 0 Å². The Hall–Kier alpha value is -0.980. The van der Waals surface area contributed by atoms with Gasteiger partial charge in [-0.25, -0.2) is 0 Å². The van der Waals surface area contributed by atoms with Crippen LogP contribution < -0.4 is 5.32 Å². The van der Waals surface area contributed by atoms with E-state index >= 15 is 0 Å². The smallest absolute Gasteiger partial charge is 0.264 e. The van der Waals surface area contributed by atoms with Crippen LogP contribution in [0.4, 0.5) is 0 Å². The Morgan fingerprint density at radius 1 is 1.00 bits per heavy atom. The number of ether oxygens (including phenoxy) is 4. The van der Waals surface area contributed by atoms with Gasteiger partial charge < -0.3 is 49.8 Å². The van der Waals surface area contributed by atoms with Crippen LogP contribution in [-0.4, -0.2) is 128 Å². The van der Waals surface area contributed by atoms with E-state index < -0.39 is 90.6 Å². The predicted molar refractivity (Wildman–Crippen MR) is 98.7 cm³/mol. The molecule has 2 aliphatic heterocycles. The summed E-state index contributed by atoms with van der Waals surface area (Å²) in [6, 6.07) is -1.16. The van der Waals surface area contributed by atoms with Crippen molar-refractivity contribution in [3.8, 4) is 0 Å². The number of rotatable bonds is 8. The van der Waals surface area contributed by atoms with Crippen molar-refractivity contribution < 1.29 is 61.9 Å². The number of carbonyl (C=O) groups excluding carboxylic acids is 1. The summed E-state index contributed by atoms with van der Waals surface area (Å²) in [6.07, 6.45) is -12.8. The van der Waals surface area contributed by atoms with Gasteiger partial charge >= 0.3 is 0 Å². The van der Waals surface area contributed by atoms with Crippen molar-refractivity contribution in [2.45, 2.75) is 68.3 Å². The van der Waals surface area contributed by atoms with E-state index in [1.807, 2.05) is 0 Å². The number of aliphatic hydroxyl groups excluding tert-OH is 5. The second-order valence-corrected chi connectivity index (χ2v) is 8.93.